The largest absolute Gasteiger partial charge is 0.497 e. The summed E-state index contributed by atoms with van der Waals surface area (Å²) in [4.78, 5) is 3.50. The van der Waals surface area contributed by atoms with Crippen molar-refractivity contribution in [1.29, 1.82) is 5.39 Å². The number of rotatable bonds is 7. The summed E-state index contributed by atoms with van der Waals surface area (Å²) in [5.74, 6) is 1.22. The summed E-state index contributed by atoms with van der Waals surface area (Å²) in [6.45, 7) is 7.05. The molecule has 1 unspecified atom stereocenters. The molecule has 2 rings (SSSR count). The van der Waals surface area contributed by atoms with Gasteiger partial charge in [0.2, 0.25) is 11.2 Å². The lowest BCUT2D eigenvalue weighted by Gasteiger charge is -2.25. The summed E-state index contributed by atoms with van der Waals surface area (Å²) in [5.41, 5.74) is 0.708. The number of hydrogen-bond acceptors (Lipinski definition) is 4. The molecule has 122 valence electrons. The first-order chi connectivity index (χ1) is 11.2. The van der Waals surface area contributed by atoms with Gasteiger partial charge in [0.25, 0.3) is 0 Å². The van der Waals surface area contributed by atoms with Gasteiger partial charge in [-0.1, -0.05) is 30.3 Å². The number of ether oxygens (including phenoxy) is 3. The van der Waals surface area contributed by atoms with E-state index in [-0.39, 0.29) is 0 Å². The zero-order valence-corrected chi connectivity index (χ0v) is 13.9. The Morgan fingerprint density at radius 2 is 1.74 bits per heavy atom. The SMILES string of the molecule is CCOC1=CC(c2ccccc2)=C(OCC)CC1([N+]#N)OCC. The molecule has 0 aliphatic heterocycles. The van der Waals surface area contributed by atoms with Crippen molar-refractivity contribution in [1.82, 2.24) is 0 Å². The number of nitrogens with zero attached hydrogens (tertiary/aromatic N) is 2. The van der Waals surface area contributed by atoms with Gasteiger partial charge >= 0.3 is 5.72 Å². The Morgan fingerprint density at radius 1 is 1.04 bits per heavy atom. The Labute approximate surface area is 137 Å². The number of diazo groups is 1. The molecule has 0 aromatic heterocycles. The monoisotopic (exact) mass is 315 g/mol. The zero-order valence-electron chi connectivity index (χ0n) is 13.9. The Kier molecular flexibility index (Phi) is 5.78. The Morgan fingerprint density at radius 3 is 2.30 bits per heavy atom. The zero-order chi connectivity index (χ0) is 16.7. The van der Waals surface area contributed by atoms with Crippen molar-refractivity contribution in [3.05, 3.63) is 58.5 Å². The molecule has 0 spiro atoms. The second-order valence-corrected chi connectivity index (χ2v) is 5.07. The second-order valence-electron chi connectivity index (χ2n) is 5.07. The van der Waals surface area contributed by atoms with Crippen LogP contribution in [0.25, 0.3) is 10.5 Å². The van der Waals surface area contributed by atoms with Gasteiger partial charge in [0.05, 0.1) is 19.8 Å². The van der Waals surface area contributed by atoms with E-state index in [1.807, 2.05) is 57.2 Å². The molecule has 5 heteroatoms. The van der Waals surface area contributed by atoms with E-state index < -0.39 is 5.72 Å². The van der Waals surface area contributed by atoms with E-state index in [9.17, 15) is 5.39 Å². The molecule has 0 fully saturated rings. The molecule has 0 heterocycles. The van der Waals surface area contributed by atoms with Crippen molar-refractivity contribution in [2.75, 3.05) is 19.8 Å². The predicted octanol–water partition coefficient (Wildman–Crippen LogP) is 4.34. The van der Waals surface area contributed by atoms with E-state index in [0.29, 0.717) is 32.0 Å². The van der Waals surface area contributed by atoms with Crippen LogP contribution in [-0.2, 0) is 14.2 Å². The highest BCUT2D eigenvalue weighted by molar-refractivity contribution is 5.78. The molecule has 1 aliphatic carbocycles. The molecule has 0 saturated carbocycles. The third-order valence-corrected chi connectivity index (χ3v) is 3.61. The lowest BCUT2D eigenvalue weighted by atomic mass is 9.91. The fourth-order valence-corrected chi connectivity index (χ4v) is 2.67. The fourth-order valence-electron chi connectivity index (χ4n) is 2.67. The molecule has 0 radical (unpaired) electrons. The van der Waals surface area contributed by atoms with Gasteiger partial charge in [0, 0.05) is 5.57 Å². The summed E-state index contributed by atoms with van der Waals surface area (Å²) in [5, 5.41) is 9.61. The number of benzene rings is 1. The predicted molar refractivity (Wildman–Crippen MR) is 88.8 cm³/mol. The lowest BCUT2D eigenvalue weighted by Crippen LogP contribution is -2.36. The maximum Gasteiger partial charge on any atom is 0.492 e. The Bertz CT molecular complexity index is 631. The highest BCUT2D eigenvalue weighted by atomic mass is 16.6. The Balaban J connectivity index is 2.54. The van der Waals surface area contributed by atoms with Crippen LogP contribution in [0, 0.1) is 5.39 Å². The smallest absolute Gasteiger partial charge is 0.492 e. The van der Waals surface area contributed by atoms with Gasteiger partial charge in [-0.15, -0.1) is 0 Å². The van der Waals surface area contributed by atoms with E-state index in [4.69, 9.17) is 14.2 Å². The average Bonchev–Trinajstić information content (AvgIpc) is 2.58. The van der Waals surface area contributed by atoms with E-state index in [2.05, 4.69) is 4.98 Å². The van der Waals surface area contributed by atoms with Crippen LogP contribution in [-0.4, -0.2) is 25.5 Å². The maximum absolute atomic E-state index is 9.61. The molecule has 1 aliphatic rings. The van der Waals surface area contributed by atoms with Crippen molar-refractivity contribution in [2.45, 2.75) is 32.9 Å². The fraction of sp³-hybridized carbons (Fsp3) is 0.444. The van der Waals surface area contributed by atoms with E-state index in [0.717, 1.165) is 16.9 Å². The van der Waals surface area contributed by atoms with Crippen molar-refractivity contribution < 1.29 is 14.2 Å². The second kappa shape index (κ2) is 7.80. The van der Waals surface area contributed by atoms with Crippen LogP contribution in [0.15, 0.2) is 47.9 Å². The summed E-state index contributed by atoms with van der Waals surface area (Å²) in [7, 11) is 0. The van der Waals surface area contributed by atoms with E-state index in [1.54, 1.807) is 0 Å². The molecule has 23 heavy (non-hydrogen) atoms. The van der Waals surface area contributed by atoms with Crippen molar-refractivity contribution in [2.24, 2.45) is 0 Å². The minimum absolute atomic E-state index is 0.293. The molecule has 0 N–H and O–H groups in total. The van der Waals surface area contributed by atoms with Crippen LogP contribution in [0.2, 0.25) is 0 Å². The minimum Gasteiger partial charge on any atom is -0.497 e. The van der Waals surface area contributed by atoms with E-state index in [1.165, 1.54) is 0 Å². The van der Waals surface area contributed by atoms with Crippen molar-refractivity contribution >= 4 is 5.57 Å². The van der Waals surface area contributed by atoms with Gasteiger partial charge in [-0.3, -0.25) is 4.74 Å². The average molecular weight is 315 g/mol. The van der Waals surface area contributed by atoms with Crippen LogP contribution in [0.1, 0.15) is 32.8 Å². The van der Waals surface area contributed by atoms with Gasteiger partial charge in [-0.05, 0) is 32.4 Å². The summed E-state index contributed by atoms with van der Waals surface area (Å²) in [6.07, 6.45) is 2.14. The highest BCUT2D eigenvalue weighted by Gasteiger charge is 2.55. The maximum atomic E-state index is 9.61. The van der Waals surface area contributed by atoms with Crippen LogP contribution in [0.3, 0.4) is 0 Å². The molecule has 1 atom stereocenters. The van der Waals surface area contributed by atoms with Crippen LogP contribution < -0.4 is 0 Å². The van der Waals surface area contributed by atoms with Gasteiger partial charge in [-0.2, -0.15) is 0 Å². The molecular formula is C18H23N2O3+. The first-order valence-corrected chi connectivity index (χ1v) is 7.97. The number of hydrogen-bond donors (Lipinski definition) is 0. The quantitative estimate of drug-likeness (QED) is 0.702. The van der Waals surface area contributed by atoms with Crippen LogP contribution in [0.4, 0.5) is 0 Å². The van der Waals surface area contributed by atoms with Gasteiger partial charge < -0.3 is 9.47 Å². The molecule has 0 bridgehead atoms. The van der Waals surface area contributed by atoms with Crippen LogP contribution >= 0.6 is 0 Å². The normalized spacial score (nSPS) is 20.7. The molecule has 1 aromatic rings. The summed E-state index contributed by atoms with van der Waals surface area (Å²) >= 11 is 0. The van der Waals surface area contributed by atoms with Gasteiger partial charge in [0.1, 0.15) is 12.2 Å². The standard InChI is InChI=1S/C18H23N2O3/c1-4-21-16-13-18(20-19,23-6-3)17(22-5-2)12-15(16)14-10-8-7-9-11-14/h7-12H,4-6,13H2,1-3H3/q+1. The third kappa shape index (κ3) is 3.54. The van der Waals surface area contributed by atoms with Crippen LogP contribution in [0.5, 0.6) is 0 Å². The van der Waals surface area contributed by atoms with Gasteiger partial charge in [-0.25, -0.2) is 0 Å². The van der Waals surface area contributed by atoms with Gasteiger partial charge in [0.15, 0.2) is 4.98 Å². The first kappa shape index (κ1) is 17.0. The molecular weight excluding hydrogens is 292 g/mol. The third-order valence-electron chi connectivity index (χ3n) is 3.61. The number of allylic oxidation sites excluding steroid dienone is 2. The minimum atomic E-state index is -1.24. The topological polar surface area (TPSA) is 55.8 Å². The molecule has 5 nitrogen and oxygen atoms in total. The summed E-state index contributed by atoms with van der Waals surface area (Å²) < 4.78 is 17.2. The van der Waals surface area contributed by atoms with Crippen molar-refractivity contribution in [3.8, 4) is 0 Å². The first-order valence-electron chi connectivity index (χ1n) is 7.97. The molecule has 0 amide bonds. The highest BCUT2D eigenvalue weighted by Crippen LogP contribution is 2.41. The lowest BCUT2D eigenvalue weighted by molar-refractivity contribution is -0.0295. The van der Waals surface area contributed by atoms with Crippen molar-refractivity contribution in [3.63, 3.8) is 0 Å². The Hall–Kier alpha value is -2.32. The van der Waals surface area contributed by atoms with E-state index >= 15 is 0 Å². The molecule has 0 saturated heterocycles. The molecule has 1 aromatic carbocycles. The summed E-state index contributed by atoms with van der Waals surface area (Å²) in [6, 6.07) is 9.94.